The van der Waals surface area contributed by atoms with Crippen molar-refractivity contribution in [3.8, 4) is 5.69 Å². The van der Waals surface area contributed by atoms with E-state index in [1.807, 2.05) is 47.4 Å². The second kappa shape index (κ2) is 8.73. The van der Waals surface area contributed by atoms with Gasteiger partial charge < -0.3 is 20.2 Å². The maximum atomic E-state index is 12.6. The lowest BCUT2D eigenvalue weighted by molar-refractivity contribution is 0.0950. The Labute approximate surface area is 180 Å². The first-order valence-corrected chi connectivity index (χ1v) is 10.8. The van der Waals surface area contributed by atoms with Crippen LogP contribution in [0.3, 0.4) is 0 Å². The highest BCUT2D eigenvalue weighted by Crippen LogP contribution is 2.25. The first kappa shape index (κ1) is 19.5. The molecule has 0 atom stereocenters. The van der Waals surface area contributed by atoms with Crippen LogP contribution in [0.4, 0.5) is 0 Å². The number of nitrogens with zero attached hydrogens (tertiary/aromatic N) is 3. The summed E-state index contributed by atoms with van der Waals surface area (Å²) >= 11 is 0. The topological polar surface area (TPSA) is 87.6 Å². The van der Waals surface area contributed by atoms with Gasteiger partial charge in [0.2, 0.25) is 0 Å². The molecule has 4 heterocycles. The van der Waals surface area contributed by atoms with Crippen molar-refractivity contribution < 1.29 is 4.79 Å². The molecule has 0 saturated heterocycles. The lowest BCUT2D eigenvalue weighted by atomic mass is 9.85. The van der Waals surface area contributed by atoms with Crippen molar-refractivity contribution in [2.24, 2.45) is 5.92 Å². The molecule has 3 N–H and O–H groups in total. The maximum Gasteiger partial charge on any atom is 0.253 e. The number of carbonyl (C=O) groups excluding carboxylic acids is 1. The second-order valence-electron chi connectivity index (χ2n) is 8.19. The molecule has 1 amide bonds. The quantitative estimate of drug-likeness (QED) is 0.411. The summed E-state index contributed by atoms with van der Waals surface area (Å²) in [5.41, 5.74) is 4.38. The number of hydrogen-bond acceptors (Lipinski definition) is 4. The Bertz CT molecular complexity index is 1180. The molecule has 4 aromatic heterocycles. The first-order chi connectivity index (χ1) is 15.2. The number of H-pyrrole nitrogens is 1. The minimum atomic E-state index is -0.171. The van der Waals surface area contributed by atoms with Gasteiger partial charge in [0.25, 0.3) is 5.91 Å². The average Bonchev–Trinajstić information content (AvgIpc) is 3.43. The highest BCUT2D eigenvalue weighted by atomic mass is 16.1. The number of nitrogens with one attached hydrogen (secondary N) is 3. The van der Waals surface area contributed by atoms with Crippen molar-refractivity contribution in [2.75, 3.05) is 6.54 Å². The van der Waals surface area contributed by atoms with E-state index in [-0.39, 0.29) is 5.91 Å². The van der Waals surface area contributed by atoms with E-state index >= 15 is 0 Å². The van der Waals surface area contributed by atoms with Crippen molar-refractivity contribution in [3.05, 3.63) is 78.3 Å². The summed E-state index contributed by atoms with van der Waals surface area (Å²) in [5, 5.41) is 7.56. The van der Waals surface area contributed by atoms with Gasteiger partial charge >= 0.3 is 0 Å². The van der Waals surface area contributed by atoms with E-state index in [0.29, 0.717) is 12.1 Å². The highest BCUT2D eigenvalue weighted by molar-refractivity contribution is 5.94. The molecule has 0 radical (unpaired) electrons. The number of amides is 1. The Morgan fingerprint density at radius 2 is 1.97 bits per heavy atom. The van der Waals surface area contributed by atoms with E-state index in [4.69, 9.17) is 0 Å². The van der Waals surface area contributed by atoms with Gasteiger partial charge in [-0.1, -0.05) is 6.42 Å². The lowest BCUT2D eigenvalue weighted by Gasteiger charge is -2.25. The normalized spacial score (nSPS) is 13.9. The molecule has 158 valence electrons. The zero-order valence-electron chi connectivity index (χ0n) is 17.3. The average molecular weight is 415 g/mol. The van der Waals surface area contributed by atoms with Crippen LogP contribution in [0.1, 0.15) is 41.0 Å². The van der Waals surface area contributed by atoms with Gasteiger partial charge in [0.1, 0.15) is 0 Å². The Morgan fingerprint density at radius 3 is 2.77 bits per heavy atom. The van der Waals surface area contributed by atoms with Crippen LogP contribution in [0.15, 0.2) is 61.3 Å². The third-order valence-corrected chi connectivity index (χ3v) is 5.91. The summed E-state index contributed by atoms with van der Waals surface area (Å²) in [6.07, 6.45) is 13.1. The summed E-state index contributed by atoms with van der Waals surface area (Å²) < 4.78 is 1.92. The molecule has 7 heteroatoms. The Kier molecular flexibility index (Phi) is 5.50. The first-order valence-electron chi connectivity index (χ1n) is 10.8. The zero-order valence-corrected chi connectivity index (χ0v) is 17.3. The predicted molar refractivity (Wildman–Crippen MR) is 120 cm³/mol. The molecule has 4 aromatic rings. The fraction of sp³-hybridized carbons (Fsp3) is 0.292. The molecule has 31 heavy (non-hydrogen) atoms. The van der Waals surface area contributed by atoms with Gasteiger partial charge in [-0.2, -0.15) is 0 Å². The Morgan fingerprint density at radius 1 is 1.10 bits per heavy atom. The number of aromatic nitrogens is 4. The van der Waals surface area contributed by atoms with Crippen LogP contribution >= 0.6 is 0 Å². The van der Waals surface area contributed by atoms with Gasteiger partial charge in [-0.05, 0) is 55.6 Å². The molecule has 1 aliphatic rings. The second-order valence-corrected chi connectivity index (χ2v) is 8.19. The molecule has 1 aliphatic carbocycles. The van der Waals surface area contributed by atoms with Crippen LogP contribution in [0.5, 0.6) is 0 Å². The SMILES string of the molecule is O=C(NCc1cc2[nH]c(CNCC3CCC3)cc2cn1)c1cncc(-n2cccc2)c1. The standard InChI is InChI=1S/C24H26N6O/c31-24(19-9-22(16-26-12-19)30-6-1-2-7-30)28-15-20-10-23-18(13-27-20)8-21(29-23)14-25-11-17-4-3-5-17/h1-2,6-10,12-13,16-17,25,29H,3-5,11,14-15H2,(H,28,31). The van der Waals surface area contributed by atoms with Crippen LogP contribution < -0.4 is 10.6 Å². The summed E-state index contributed by atoms with van der Waals surface area (Å²) in [7, 11) is 0. The van der Waals surface area contributed by atoms with Crippen molar-refractivity contribution in [1.29, 1.82) is 0 Å². The Hall–Kier alpha value is -3.45. The summed E-state index contributed by atoms with van der Waals surface area (Å²) in [5.74, 6) is 0.677. The minimum absolute atomic E-state index is 0.171. The van der Waals surface area contributed by atoms with Crippen LogP contribution in [-0.4, -0.2) is 32.0 Å². The van der Waals surface area contributed by atoms with Gasteiger partial charge in [-0.25, -0.2) is 0 Å². The van der Waals surface area contributed by atoms with Crippen molar-refractivity contribution in [1.82, 2.24) is 30.2 Å². The predicted octanol–water partition coefficient (Wildman–Crippen LogP) is 3.57. The Balaban J connectivity index is 1.20. The van der Waals surface area contributed by atoms with Crippen molar-refractivity contribution in [2.45, 2.75) is 32.4 Å². The van der Waals surface area contributed by atoms with E-state index in [9.17, 15) is 4.79 Å². The van der Waals surface area contributed by atoms with E-state index in [1.165, 1.54) is 19.3 Å². The van der Waals surface area contributed by atoms with Gasteiger partial charge in [0.15, 0.2) is 0 Å². The third-order valence-electron chi connectivity index (χ3n) is 5.91. The van der Waals surface area contributed by atoms with E-state index in [0.717, 1.165) is 47.0 Å². The fourth-order valence-electron chi connectivity index (χ4n) is 3.90. The number of hydrogen-bond donors (Lipinski definition) is 3. The molecule has 0 bridgehead atoms. The van der Waals surface area contributed by atoms with Crippen molar-refractivity contribution >= 4 is 16.8 Å². The number of rotatable bonds is 8. The van der Waals surface area contributed by atoms with Gasteiger partial charge in [0, 0.05) is 47.9 Å². The molecular weight excluding hydrogens is 388 g/mol. The van der Waals surface area contributed by atoms with Crippen LogP contribution in [0, 0.1) is 5.92 Å². The van der Waals surface area contributed by atoms with Crippen LogP contribution in [0.25, 0.3) is 16.6 Å². The third kappa shape index (κ3) is 4.51. The number of fused-ring (bicyclic) bond motifs is 1. The maximum absolute atomic E-state index is 12.6. The van der Waals surface area contributed by atoms with E-state index < -0.39 is 0 Å². The van der Waals surface area contributed by atoms with Gasteiger partial charge in [-0.3, -0.25) is 14.8 Å². The van der Waals surface area contributed by atoms with E-state index in [2.05, 4.69) is 31.7 Å². The number of aromatic amines is 1. The number of pyridine rings is 2. The minimum Gasteiger partial charge on any atom is -0.357 e. The molecule has 0 unspecified atom stereocenters. The molecule has 0 aromatic carbocycles. The summed E-state index contributed by atoms with van der Waals surface area (Å²) in [6.45, 7) is 2.28. The van der Waals surface area contributed by atoms with Gasteiger partial charge in [-0.15, -0.1) is 0 Å². The molecule has 5 rings (SSSR count). The zero-order chi connectivity index (χ0) is 21.0. The van der Waals surface area contributed by atoms with Crippen LogP contribution in [0.2, 0.25) is 0 Å². The van der Waals surface area contributed by atoms with Crippen molar-refractivity contribution in [3.63, 3.8) is 0 Å². The molecule has 0 spiro atoms. The summed E-state index contributed by atoms with van der Waals surface area (Å²) in [4.78, 5) is 24.8. The molecule has 1 saturated carbocycles. The molecule has 1 fully saturated rings. The number of carbonyl (C=O) groups is 1. The monoisotopic (exact) mass is 414 g/mol. The molecule has 7 nitrogen and oxygen atoms in total. The lowest BCUT2D eigenvalue weighted by Crippen LogP contribution is -2.26. The summed E-state index contributed by atoms with van der Waals surface area (Å²) in [6, 6.07) is 9.83. The van der Waals surface area contributed by atoms with E-state index in [1.54, 1.807) is 12.4 Å². The molecular formula is C24H26N6O. The fourth-order valence-corrected chi connectivity index (χ4v) is 3.90. The van der Waals surface area contributed by atoms with Crippen LogP contribution in [-0.2, 0) is 13.1 Å². The smallest absolute Gasteiger partial charge is 0.253 e. The highest BCUT2D eigenvalue weighted by Gasteiger charge is 2.16. The molecule has 0 aliphatic heterocycles. The van der Waals surface area contributed by atoms with Gasteiger partial charge in [0.05, 0.1) is 29.7 Å². The largest absolute Gasteiger partial charge is 0.357 e.